The number of esters is 1. The smallest absolute Gasteiger partial charge is 0.328 e. The zero-order valence-electron chi connectivity index (χ0n) is 29.2. The number of fused-ring (bicyclic) bond motifs is 1. The Hall–Kier alpha value is -5.06. The predicted octanol–water partition coefficient (Wildman–Crippen LogP) is 7.48. The minimum absolute atomic E-state index is 0.0214. The third-order valence-corrected chi connectivity index (χ3v) is 9.54. The van der Waals surface area contributed by atoms with Gasteiger partial charge < -0.3 is 30.0 Å². The number of rotatable bonds is 12. The van der Waals surface area contributed by atoms with Crippen LogP contribution in [0.2, 0.25) is 0 Å². The second-order valence-electron chi connectivity index (χ2n) is 13.1. The standard InChI is InChI=1S/C42H45N3O6/c1-28(34-18-17-31-11-7-8-12-35(31)24-34)45(2)26-37-25-39(32-15-13-30(27-46)14-16-32)51-41(50-37)33-19-21-36(22-20-33)43-42(48)44-38(40(47)49-3)23-29-9-5-4-6-10-29/h4-22,24,28,37-39,41,46H,23,25-27H2,1-3H3,(H2,43,44,48)/t28-,37+,38+,39-,41-/m1/s1. The van der Waals surface area contributed by atoms with Crippen molar-refractivity contribution in [3.8, 4) is 0 Å². The quantitative estimate of drug-likeness (QED) is 0.117. The summed E-state index contributed by atoms with van der Waals surface area (Å²) >= 11 is 0. The van der Waals surface area contributed by atoms with Crippen LogP contribution in [0.4, 0.5) is 10.5 Å². The molecule has 2 amide bonds. The van der Waals surface area contributed by atoms with Crippen molar-refractivity contribution < 1.29 is 28.9 Å². The van der Waals surface area contributed by atoms with Crippen LogP contribution < -0.4 is 10.6 Å². The van der Waals surface area contributed by atoms with Gasteiger partial charge in [-0.3, -0.25) is 4.90 Å². The number of amides is 2. The van der Waals surface area contributed by atoms with Gasteiger partial charge >= 0.3 is 12.0 Å². The van der Waals surface area contributed by atoms with Crippen molar-refractivity contribution in [3.05, 3.63) is 149 Å². The number of hydrogen-bond acceptors (Lipinski definition) is 7. The SMILES string of the molecule is COC(=O)[C@H](Cc1ccccc1)NC(=O)Nc1ccc([C@@H]2O[C@H](CN(C)[C@H](C)c3ccc4ccccc4c3)C[C@H](c3ccc(CO)cc3)O2)cc1. The minimum atomic E-state index is -0.844. The number of benzene rings is 5. The Balaban J connectivity index is 1.14. The Kier molecular flexibility index (Phi) is 11.8. The molecular weight excluding hydrogens is 642 g/mol. The molecule has 0 aromatic heterocycles. The van der Waals surface area contributed by atoms with Crippen molar-refractivity contribution in [1.82, 2.24) is 10.2 Å². The number of methoxy groups -OCH3 is 1. The maximum absolute atomic E-state index is 12.9. The minimum Gasteiger partial charge on any atom is -0.467 e. The number of hydrogen-bond donors (Lipinski definition) is 3. The number of anilines is 1. The topological polar surface area (TPSA) is 109 Å². The number of nitrogens with zero attached hydrogens (tertiary/aromatic N) is 1. The number of aliphatic hydroxyl groups excluding tert-OH is 1. The lowest BCUT2D eigenvalue weighted by Gasteiger charge is -2.39. The molecule has 0 bridgehead atoms. The van der Waals surface area contributed by atoms with Crippen molar-refractivity contribution >= 4 is 28.5 Å². The highest BCUT2D eigenvalue weighted by molar-refractivity contribution is 5.92. The van der Waals surface area contributed by atoms with Crippen molar-refractivity contribution in [2.24, 2.45) is 0 Å². The molecule has 1 aliphatic rings. The number of likely N-dealkylation sites (N-methyl/N-ethyl adjacent to an activating group) is 1. The highest BCUT2D eigenvalue weighted by atomic mass is 16.7. The summed E-state index contributed by atoms with van der Waals surface area (Å²) in [5, 5.41) is 17.6. The first-order valence-electron chi connectivity index (χ1n) is 17.3. The van der Waals surface area contributed by atoms with Crippen LogP contribution in [0.15, 0.2) is 121 Å². The zero-order chi connectivity index (χ0) is 35.7. The van der Waals surface area contributed by atoms with E-state index in [9.17, 15) is 14.7 Å². The van der Waals surface area contributed by atoms with Crippen LogP contribution in [-0.4, -0.2) is 54.9 Å². The summed E-state index contributed by atoms with van der Waals surface area (Å²) in [6.45, 7) is 2.87. The molecule has 1 saturated heterocycles. The molecule has 3 N–H and O–H groups in total. The molecule has 0 saturated carbocycles. The maximum atomic E-state index is 12.9. The van der Waals surface area contributed by atoms with Gasteiger partial charge in [0.1, 0.15) is 6.04 Å². The molecule has 0 radical (unpaired) electrons. The number of urea groups is 1. The summed E-state index contributed by atoms with van der Waals surface area (Å²) in [5.74, 6) is -0.525. The van der Waals surface area contributed by atoms with E-state index in [-0.39, 0.29) is 24.9 Å². The Labute approximate surface area is 299 Å². The van der Waals surface area contributed by atoms with Gasteiger partial charge in [0.15, 0.2) is 6.29 Å². The van der Waals surface area contributed by atoms with Gasteiger partial charge in [-0.05, 0) is 65.2 Å². The molecule has 1 fully saturated rings. The zero-order valence-corrected chi connectivity index (χ0v) is 29.2. The van der Waals surface area contributed by atoms with Crippen molar-refractivity contribution in [2.45, 2.75) is 57.0 Å². The monoisotopic (exact) mass is 687 g/mol. The first-order valence-corrected chi connectivity index (χ1v) is 17.3. The van der Waals surface area contributed by atoms with E-state index in [1.807, 2.05) is 66.7 Å². The lowest BCUT2D eigenvalue weighted by Crippen LogP contribution is -2.45. The molecule has 1 aliphatic heterocycles. The van der Waals surface area contributed by atoms with Crippen LogP contribution in [0.1, 0.15) is 59.6 Å². The van der Waals surface area contributed by atoms with Crippen molar-refractivity contribution in [1.29, 1.82) is 0 Å². The summed E-state index contributed by atoms with van der Waals surface area (Å²) in [5.41, 5.74) is 5.35. The third kappa shape index (κ3) is 9.19. The molecule has 9 heteroatoms. The molecule has 264 valence electrons. The highest BCUT2D eigenvalue weighted by Gasteiger charge is 2.33. The molecule has 5 atom stereocenters. The van der Waals surface area contributed by atoms with Gasteiger partial charge in [0, 0.05) is 36.7 Å². The molecule has 51 heavy (non-hydrogen) atoms. The molecule has 0 aliphatic carbocycles. The number of ether oxygens (including phenoxy) is 3. The third-order valence-electron chi connectivity index (χ3n) is 9.54. The molecule has 6 rings (SSSR count). The van der Waals surface area contributed by atoms with E-state index >= 15 is 0 Å². The summed E-state index contributed by atoms with van der Waals surface area (Å²) in [7, 11) is 3.42. The van der Waals surface area contributed by atoms with E-state index < -0.39 is 24.3 Å². The van der Waals surface area contributed by atoms with Gasteiger partial charge in [-0.1, -0.05) is 103 Å². The summed E-state index contributed by atoms with van der Waals surface area (Å²) < 4.78 is 18.1. The molecule has 0 spiro atoms. The molecule has 0 unspecified atom stereocenters. The van der Waals surface area contributed by atoms with E-state index in [1.165, 1.54) is 23.4 Å². The van der Waals surface area contributed by atoms with Crippen LogP contribution in [0.3, 0.4) is 0 Å². The Bertz CT molecular complexity index is 1900. The first-order chi connectivity index (χ1) is 24.8. The molecule has 1 heterocycles. The van der Waals surface area contributed by atoms with Gasteiger partial charge in [0.05, 0.1) is 25.9 Å². The van der Waals surface area contributed by atoms with E-state index in [0.717, 1.165) is 22.3 Å². The van der Waals surface area contributed by atoms with Gasteiger partial charge in [-0.15, -0.1) is 0 Å². The van der Waals surface area contributed by atoms with Crippen LogP contribution in [0, 0.1) is 0 Å². The lowest BCUT2D eigenvalue weighted by molar-refractivity contribution is -0.253. The van der Waals surface area contributed by atoms with Crippen LogP contribution >= 0.6 is 0 Å². The fraction of sp³-hybridized carbons (Fsp3) is 0.286. The van der Waals surface area contributed by atoms with Gasteiger partial charge in [0.2, 0.25) is 0 Å². The van der Waals surface area contributed by atoms with Crippen LogP contribution in [-0.2, 0) is 32.0 Å². The van der Waals surface area contributed by atoms with Crippen molar-refractivity contribution in [2.75, 3.05) is 26.0 Å². The largest absolute Gasteiger partial charge is 0.467 e. The van der Waals surface area contributed by atoms with Crippen molar-refractivity contribution in [3.63, 3.8) is 0 Å². The second-order valence-corrected chi connectivity index (χ2v) is 13.1. The average molecular weight is 688 g/mol. The van der Waals surface area contributed by atoms with E-state index in [1.54, 1.807) is 12.1 Å². The molecule has 5 aromatic rings. The fourth-order valence-corrected chi connectivity index (χ4v) is 6.47. The second kappa shape index (κ2) is 16.8. The molecule has 9 nitrogen and oxygen atoms in total. The predicted molar refractivity (Wildman–Crippen MR) is 198 cm³/mol. The van der Waals surface area contributed by atoms with E-state index in [0.29, 0.717) is 25.1 Å². The summed E-state index contributed by atoms with van der Waals surface area (Å²) in [6, 6.07) is 38.4. The molecule has 5 aromatic carbocycles. The maximum Gasteiger partial charge on any atom is 0.328 e. The highest BCUT2D eigenvalue weighted by Crippen LogP contribution is 2.39. The Morgan fingerprint density at radius 2 is 1.53 bits per heavy atom. The Morgan fingerprint density at radius 1 is 0.843 bits per heavy atom. The summed E-state index contributed by atoms with van der Waals surface area (Å²) in [6.07, 6.45) is -0.0455. The van der Waals surface area contributed by atoms with E-state index in [4.69, 9.17) is 14.2 Å². The summed E-state index contributed by atoms with van der Waals surface area (Å²) in [4.78, 5) is 27.7. The number of carbonyl (C=O) groups excluding carboxylic acids is 2. The van der Waals surface area contributed by atoms with E-state index in [2.05, 4.69) is 72.0 Å². The van der Waals surface area contributed by atoms with Crippen LogP contribution in [0.5, 0.6) is 0 Å². The molecular formula is C42H45N3O6. The van der Waals surface area contributed by atoms with Gasteiger partial charge in [-0.25, -0.2) is 9.59 Å². The Morgan fingerprint density at radius 3 is 2.24 bits per heavy atom. The lowest BCUT2D eigenvalue weighted by atomic mass is 9.98. The normalized spacial score (nSPS) is 18.6. The van der Waals surface area contributed by atoms with Gasteiger partial charge in [0.25, 0.3) is 0 Å². The first kappa shape index (κ1) is 35.8. The number of carbonyl (C=O) groups is 2. The number of nitrogens with one attached hydrogen (secondary N) is 2. The fourth-order valence-electron chi connectivity index (χ4n) is 6.47. The average Bonchev–Trinajstić information content (AvgIpc) is 3.17. The number of aliphatic hydroxyl groups is 1. The van der Waals surface area contributed by atoms with Gasteiger partial charge in [-0.2, -0.15) is 0 Å². The van der Waals surface area contributed by atoms with Crippen LogP contribution in [0.25, 0.3) is 10.8 Å².